The van der Waals surface area contributed by atoms with Gasteiger partial charge in [0.2, 0.25) is 0 Å². The van der Waals surface area contributed by atoms with Gasteiger partial charge in [0.1, 0.15) is 6.61 Å². The minimum Gasteiger partial charge on any atom is -0.487 e. The highest BCUT2D eigenvalue weighted by Crippen LogP contribution is 2.20. The number of carboxylic acid groups (broad SMARTS) is 2. The molecule has 2 N–H and O–H groups in total. The molecule has 1 rings (SSSR count). The summed E-state index contributed by atoms with van der Waals surface area (Å²) in [5, 5.41) is 17.1. The zero-order valence-corrected chi connectivity index (χ0v) is 14.4. The van der Waals surface area contributed by atoms with Crippen LogP contribution in [-0.2, 0) is 20.7 Å². The Morgan fingerprint density at radius 3 is 2.58 bits per heavy atom. The zero-order chi connectivity index (χ0) is 19.5. The molecule has 0 saturated heterocycles. The molecular formula is C19H21FO6. The number of rotatable bonds is 11. The maximum absolute atomic E-state index is 13.9. The smallest absolute Gasteiger partial charge is 0.341 e. The zero-order valence-electron chi connectivity index (χ0n) is 14.4. The minimum atomic E-state index is -1.06. The van der Waals surface area contributed by atoms with Gasteiger partial charge in [0.25, 0.3) is 0 Å². The Labute approximate surface area is 150 Å². The van der Waals surface area contributed by atoms with Gasteiger partial charge in [-0.2, -0.15) is 0 Å². The summed E-state index contributed by atoms with van der Waals surface area (Å²) in [5.74, 6) is -2.08. The minimum absolute atomic E-state index is 0.0511. The van der Waals surface area contributed by atoms with Gasteiger partial charge in [0.15, 0.2) is 18.2 Å². The molecule has 0 radical (unpaired) electrons. The number of carbonyl (C=O) groups is 2. The van der Waals surface area contributed by atoms with Crippen molar-refractivity contribution in [3.8, 4) is 5.75 Å². The van der Waals surface area contributed by atoms with Crippen molar-refractivity contribution in [3.05, 3.63) is 65.7 Å². The van der Waals surface area contributed by atoms with Gasteiger partial charge in [-0.15, -0.1) is 0 Å². The highest BCUT2D eigenvalue weighted by atomic mass is 19.1. The highest BCUT2D eigenvalue weighted by Gasteiger charge is 2.06. The molecule has 0 aliphatic rings. The Morgan fingerprint density at radius 2 is 1.96 bits per heavy atom. The predicted octanol–water partition coefficient (Wildman–Crippen LogP) is 3.34. The maximum atomic E-state index is 13.9. The van der Waals surface area contributed by atoms with E-state index in [1.165, 1.54) is 12.1 Å². The van der Waals surface area contributed by atoms with Gasteiger partial charge in [-0.3, -0.25) is 4.79 Å². The predicted molar refractivity (Wildman–Crippen MR) is 93.5 cm³/mol. The molecule has 0 aliphatic carbocycles. The van der Waals surface area contributed by atoms with E-state index in [0.29, 0.717) is 16.9 Å². The largest absolute Gasteiger partial charge is 0.487 e. The Balaban J connectivity index is 2.49. The fourth-order valence-corrected chi connectivity index (χ4v) is 1.83. The summed E-state index contributed by atoms with van der Waals surface area (Å²) in [6.45, 7) is 5.04. The lowest BCUT2D eigenvalue weighted by Gasteiger charge is -2.08. The molecule has 140 valence electrons. The number of benzene rings is 1. The van der Waals surface area contributed by atoms with E-state index in [-0.39, 0.29) is 25.2 Å². The van der Waals surface area contributed by atoms with Crippen LogP contribution in [0, 0.1) is 5.82 Å². The van der Waals surface area contributed by atoms with E-state index in [2.05, 4.69) is 6.58 Å². The number of ether oxygens (including phenoxy) is 2. The molecule has 7 heteroatoms. The van der Waals surface area contributed by atoms with Gasteiger partial charge in [-0.25, -0.2) is 9.18 Å². The number of hydrogen-bond donors (Lipinski definition) is 2. The normalized spacial score (nSPS) is 11.4. The Kier molecular flexibility index (Phi) is 8.63. The third-order valence-corrected chi connectivity index (χ3v) is 3.12. The molecule has 1 aromatic rings. The van der Waals surface area contributed by atoms with Crippen LogP contribution in [0.5, 0.6) is 5.75 Å². The summed E-state index contributed by atoms with van der Waals surface area (Å²) >= 11 is 0. The van der Waals surface area contributed by atoms with Gasteiger partial charge >= 0.3 is 11.9 Å². The van der Waals surface area contributed by atoms with E-state index in [1.807, 2.05) is 0 Å². The molecule has 6 nitrogen and oxygen atoms in total. The number of aryl methyl sites for hydroxylation is 1. The topological polar surface area (TPSA) is 93.1 Å². The number of allylic oxidation sites excluding steroid dienone is 3. The van der Waals surface area contributed by atoms with Crippen molar-refractivity contribution in [3.63, 3.8) is 0 Å². The van der Waals surface area contributed by atoms with E-state index in [4.69, 9.17) is 19.7 Å². The van der Waals surface area contributed by atoms with Crippen LogP contribution in [0.2, 0.25) is 0 Å². The van der Waals surface area contributed by atoms with Crippen LogP contribution in [0.3, 0.4) is 0 Å². The Hall–Kier alpha value is -3.09. The molecule has 1 aromatic carbocycles. The molecule has 0 heterocycles. The second-order valence-corrected chi connectivity index (χ2v) is 5.42. The molecule has 0 amide bonds. The second-order valence-electron chi connectivity index (χ2n) is 5.42. The lowest BCUT2D eigenvalue weighted by molar-refractivity contribution is -0.141. The molecule has 0 spiro atoms. The summed E-state index contributed by atoms with van der Waals surface area (Å²) in [4.78, 5) is 20.9. The van der Waals surface area contributed by atoms with Crippen molar-refractivity contribution in [1.29, 1.82) is 0 Å². The van der Waals surface area contributed by atoms with Crippen molar-refractivity contribution in [2.45, 2.75) is 19.8 Å². The lowest BCUT2D eigenvalue weighted by Crippen LogP contribution is -2.05. The highest BCUT2D eigenvalue weighted by molar-refractivity contribution is 5.68. The van der Waals surface area contributed by atoms with Crippen molar-refractivity contribution in [1.82, 2.24) is 0 Å². The van der Waals surface area contributed by atoms with E-state index in [9.17, 15) is 14.0 Å². The molecule has 26 heavy (non-hydrogen) atoms. The van der Waals surface area contributed by atoms with Crippen molar-refractivity contribution >= 4 is 11.9 Å². The molecule has 0 aromatic heterocycles. The number of aliphatic carboxylic acids is 2. The molecule has 0 aliphatic heterocycles. The van der Waals surface area contributed by atoms with E-state index in [1.54, 1.807) is 31.2 Å². The summed E-state index contributed by atoms with van der Waals surface area (Å²) in [6, 6.07) is 4.32. The second kappa shape index (κ2) is 10.7. The van der Waals surface area contributed by atoms with Crippen LogP contribution in [-0.4, -0.2) is 35.4 Å². The van der Waals surface area contributed by atoms with Gasteiger partial charge in [0.05, 0.1) is 5.76 Å². The van der Waals surface area contributed by atoms with Crippen molar-refractivity contribution in [2.75, 3.05) is 13.2 Å². The standard InChI is InChI=1S/C19H21FO6/c1-13(4-3-5-14(2)25-12-19(23)24)11-26-17-8-6-15(10-16(17)20)7-9-18(21)22/h3-6,8,10H,1,7,9,11-12H2,2H3,(H,21,22)(H,23,24)/b4-3-,14-5+. The van der Waals surface area contributed by atoms with Crippen LogP contribution < -0.4 is 4.74 Å². The lowest BCUT2D eigenvalue weighted by atomic mass is 10.1. The molecule has 0 unspecified atom stereocenters. The summed E-state index contributed by atoms with van der Waals surface area (Å²) in [6.07, 6.45) is 5.01. The molecule has 0 saturated carbocycles. The van der Waals surface area contributed by atoms with E-state index >= 15 is 0 Å². The van der Waals surface area contributed by atoms with E-state index in [0.717, 1.165) is 0 Å². The summed E-state index contributed by atoms with van der Waals surface area (Å²) < 4.78 is 24.2. The first-order chi connectivity index (χ1) is 12.3. The van der Waals surface area contributed by atoms with Gasteiger partial charge in [-0.05, 0) is 42.7 Å². The summed E-state index contributed by atoms with van der Waals surface area (Å²) in [7, 11) is 0. The first-order valence-corrected chi connectivity index (χ1v) is 7.78. The van der Waals surface area contributed by atoms with Gasteiger partial charge in [-0.1, -0.05) is 24.8 Å². The average molecular weight is 364 g/mol. The first kappa shape index (κ1) is 21.0. The van der Waals surface area contributed by atoms with Gasteiger partial charge in [0, 0.05) is 6.42 Å². The first-order valence-electron chi connectivity index (χ1n) is 7.78. The van der Waals surface area contributed by atoms with Crippen LogP contribution in [0.4, 0.5) is 4.39 Å². The van der Waals surface area contributed by atoms with Crippen molar-refractivity contribution in [2.24, 2.45) is 0 Å². The van der Waals surface area contributed by atoms with Crippen LogP contribution in [0.25, 0.3) is 0 Å². The SMILES string of the molecule is C=C(/C=C\C=C(/C)OCC(=O)O)COc1ccc(CCC(=O)O)cc1F. The van der Waals surface area contributed by atoms with Crippen LogP contribution in [0.1, 0.15) is 18.9 Å². The third kappa shape index (κ3) is 8.68. The number of halogens is 1. The Morgan fingerprint density at radius 1 is 1.23 bits per heavy atom. The van der Waals surface area contributed by atoms with Crippen molar-refractivity contribution < 1.29 is 33.7 Å². The average Bonchev–Trinajstić information content (AvgIpc) is 2.57. The quantitative estimate of drug-likeness (QED) is 0.462. The fourth-order valence-electron chi connectivity index (χ4n) is 1.83. The molecule has 0 fully saturated rings. The van der Waals surface area contributed by atoms with E-state index < -0.39 is 24.4 Å². The maximum Gasteiger partial charge on any atom is 0.341 e. The number of hydrogen-bond acceptors (Lipinski definition) is 4. The van der Waals surface area contributed by atoms with Gasteiger partial charge < -0.3 is 19.7 Å². The molecule has 0 bridgehead atoms. The number of carboxylic acids is 2. The monoisotopic (exact) mass is 364 g/mol. The fraction of sp³-hybridized carbons (Fsp3) is 0.263. The molecular weight excluding hydrogens is 343 g/mol. The summed E-state index contributed by atoms with van der Waals surface area (Å²) in [5.41, 5.74) is 1.15. The third-order valence-electron chi connectivity index (χ3n) is 3.12. The Bertz CT molecular complexity index is 721. The van der Waals surface area contributed by atoms with Crippen LogP contribution in [0.15, 0.2) is 54.3 Å². The van der Waals surface area contributed by atoms with Crippen LogP contribution >= 0.6 is 0 Å². The molecule has 0 atom stereocenters.